The number of hydrogen-bond donors (Lipinski definition) is 1. The Hall–Kier alpha value is -3.46. The molecule has 1 amide bonds. The average Bonchev–Trinajstić information content (AvgIpc) is 2.72. The SMILES string of the molecule is O=C(NC(c1ccccc1)c1ccccc1)c1ccnc2ccccc12. The van der Waals surface area contributed by atoms with E-state index in [-0.39, 0.29) is 11.9 Å². The van der Waals surface area contributed by atoms with Crippen molar-refractivity contribution in [3.8, 4) is 0 Å². The van der Waals surface area contributed by atoms with E-state index in [1.165, 1.54) is 0 Å². The van der Waals surface area contributed by atoms with Crippen molar-refractivity contribution in [1.82, 2.24) is 10.3 Å². The first-order valence-electron chi connectivity index (χ1n) is 8.57. The molecule has 0 saturated carbocycles. The maximum Gasteiger partial charge on any atom is 0.252 e. The first-order valence-corrected chi connectivity index (χ1v) is 8.57. The molecule has 3 nitrogen and oxygen atoms in total. The molecule has 0 saturated heterocycles. The van der Waals surface area contributed by atoms with Crippen LogP contribution in [0.3, 0.4) is 0 Å². The van der Waals surface area contributed by atoms with E-state index in [1.807, 2.05) is 84.9 Å². The molecule has 1 N–H and O–H groups in total. The quantitative estimate of drug-likeness (QED) is 0.583. The minimum Gasteiger partial charge on any atom is -0.341 e. The minimum atomic E-state index is -0.211. The molecule has 0 fully saturated rings. The van der Waals surface area contributed by atoms with E-state index in [0.29, 0.717) is 5.56 Å². The molecule has 126 valence electrons. The molecule has 1 heterocycles. The summed E-state index contributed by atoms with van der Waals surface area (Å²) in [7, 11) is 0. The molecule has 1 aromatic heterocycles. The number of aromatic nitrogens is 1. The molecule has 4 rings (SSSR count). The van der Waals surface area contributed by atoms with E-state index in [2.05, 4.69) is 10.3 Å². The number of nitrogens with zero attached hydrogens (tertiary/aromatic N) is 1. The lowest BCUT2D eigenvalue weighted by Gasteiger charge is -2.20. The van der Waals surface area contributed by atoms with Crippen LogP contribution in [-0.2, 0) is 0 Å². The summed E-state index contributed by atoms with van der Waals surface area (Å²) in [5.41, 5.74) is 3.54. The van der Waals surface area contributed by atoms with Gasteiger partial charge >= 0.3 is 0 Å². The Labute approximate surface area is 152 Å². The third-order valence-electron chi connectivity index (χ3n) is 4.43. The fraction of sp³-hybridized carbons (Fsp3) is 0.0435. The van der Waals surface area contributed by atoms with Gasteiger partial charge in [0.1, 0.15) is 0 Å². The average molecular weight is 338 g/mol. The molecule has 4 aromatic rings. The Morgan fingerprint density at radius 1 is 0.731 bits per heavy atom. The van der Waals surface area contributed by atoms with Crippen LogP contribution in [0.4, 0.5) is 0 Å². The van der Waals surface area contributed by atoms with Crippen LogP contribution < -0.4 is 5.32 Å². The summed E-state index contributed by atoms with van der Waals surface area (Å²) in [6, 6.07) is 29.3. The molecule has 26 heavy (non-hydrogen) atoms. The topological polar surface area (TPSA) is 42.0 Å². The predicted octanol–water partition coefficient (Wildman–Crippen LogP) is 4.75. The summed E-state index contributed by atoms with van der Waals surface area (Å²) < 4.78 is 0. The number of fused-ring (bicyclic) bond motifs is 1. The number of benzene rings is 3. The van der Waals surface area contributed by atoms with Crippen molar-refractivity contribution in [2.75, 3.05) is 0 Å². The van der Waals surface area contributed by atoms with Crippen molar-refractivity contribution in [3.63, 3.8) is 0 Å². The van der Waals surface area contributed by atoms with Gasteiger partial charge in [-0.3, -0.25) is 9.78 Å². The molecule has 0 bridgehead atoms. The lowest BCUT2D eigenvalue weighted by Crippen LogP contribution is -2.29. The third kappa shape index (κ3) is 3.20. The first kappa shape index (κ1) is 16.0. The Kier molecular flexibility index (Phi) is 4.44. The number of carbonyl (C=O) groups is 1. The maximum atomic E-state index is 13.1. The Balaban J connectivity index is 1.73. The molecule has 0 aliphatic heterocycles. The number of pyridine rings is 1. The van der Waals surface area contributed by atoms with Crippen LogP contribution in [0.1, 0.15) is 27.5 Å². The van der Waals surface area contributed by atoms with Crippen LogP contribution in [0.5, 0.6) is 0 Å². The predicted molar refractivity (Wildman–Crippen MR) is 104 cm³/mol. The molecule has 0 unspecified atom stereocenters. The lowest BCUT2D eigenvalue weighted by atomic mass is 9.98. The highest BCUT2D eigenvalue weighted by Crippen LogP contribution is 2.23. The molecule has 0 aliphatic rings. The van der Waals surface area contributed by atoms with Crippen molar-refractivity contribution >= 4 is 16.8 Å². The second-order valence-electron chi connectivity index (χ2n) is 6.10. The number of nitrogens with one attached hydrogen (secondary N) is 1. The van der Waals surface area contributed by atoms with Gasteiger partial charge in [0.05, 0.1) is 17.1 Å². The van der Waals surface area contributed by atoms with Crippen LogP contribution in [0.2, 0.25) is 0 Å². The van der Waals surface area contributed by atoms with Gasteiger partial charge in [0, 0.05) is 11.6 Å². The van der Waals surface area contributed by atoms with Gasteiger partial charge in [-0.05, 0) is 23.3 Å². The van der Waals surface area contributed by atoms with Gasteiger partial charge in [0.2, 0.25) is 0 Å². The number of carbonyl (C=O) groups excluding carboxylic acids is 1. The standard InChI is InChI=1S/C23H18N2O/c26-23(20-15-16-24-21-14-8-7-13-19(20)21)25-22(17-9-3-1-4-10-17)18-11-5-2-6-12-18/h1-16,22H,(H,25,26). The monoisotopic (exact) mass is 338 g/mol. The summed E-state index contributed by atoms with van der Waals surface area (Å²) in [6.07, 6.45) is 1.68. The Morgan fingerprint density at radius 3 is 1.96 bits per heavy atom. The van der Waals surface area contributed by atoms with Crippen molar-refractivity contribution in [2.45, 2.75) is 6.04 Å². The van der Waals surface area contributed by atoms with Gasteiger partial charge in [-0.1, -0.05) is 78.9 Å². The molecular formula is C23H18N2O. The molecule has 0 spiro atoms. The number of amides is 1. The Bertz CT molecular complexity index is 985. The lowest BCUT2D eigenvalue weighted by molar-refractivity contribution is 0.0944. The van der Waals surface area contributed by atoms with Crippen LogP contribution in [0.15, 0.2) is 97.2 Å². The van der Waals surface area contributed by atoms with E-state index in [9.17, 15) is 4.79 Å². The van der Waals surface area contributed by atoms with E-state index in [0.717, 1.165) is 22.0 Å². The number of rotatable bonds is 4. The molecule has 3 aromatic carbocycles. The molecule has 0 radical (unpaired) electrons. The molecule has 0 atom stereocenters. The number of hydrogen-bond acceptors (Lipinski definition) is 2. The van der Waals surface area contributed by atoms with E-state index in [4.69, 9.17) is 0 Å². The minimum absolute atomic E-state index is 0.110. The zero-order valence-electron chi connectivity index (χ0n) is 14.2. The first-order chi connectivity index (χ1) is 12.8. The van der Waals surface area contributed by atoms with Gasteiger partial charge in [-0.25, -0.2) is 0 Å². The van der Waals surface area contributed by atoms with Crippen LogP contribution in [0, 0.1) is 0 Å². The summed E-state index contributed by atoms with van der Waals surface area (Å²) in [6.45, 7) is 0. The normalized spacial score (nSPS) is 10.8. The van der Waals surface area contributed by atoms with Gasteiger partial charge < -0.3 is 5.32 Å². The third-order valence-corrected chi connectivity index (χ3v) is 4.43. The summed E-state index contributed by atoms with van der Waals surface area (Å²) >= 11 is 0. The fourth-order valence-electron chi connectivity index (χ4n) is 3.15. The van der Waals surface area contributed by atoms with Crippen molar-refractivity contribution < 1.29 is 4.79 Å². The fourth-order valence-corrected chi connectivity index (χ4v) is 3.15. The molecule has 0 aliphatic carbocycles. The molecular weight excluding hydrogens is 320 g/mol. The number of para-hydroxylation sites is 1. The second-order valence-corrected chi connectivity index (χ2v) is 6.10. The van der Waals surface area contributed by atoms with Crippen LogP contribution in [0.25, 0.3) is 10.9 Å². The Morgan fingerprint density at radius 2 is 1.31 bits per heavy atom. The van der Waals surface area contributed by atoms with Gasteiger partial charge in [-0.15, -0.1) is 0 Å². The molecule has 3 heteroatoms. The van der Waals surface area contributed by atoms with Crippen molar-refractivity contribution in [3.05, 3.63) is 114 Å². The smallest absolute Gasteiger partial charge is 0.252 e. The van der Waals surface area contributed by atoms with E-state index < -0.39 is 0 Å². The van der Waals surface area contributed by atoms with Crippen LogP contribution in [-0.4, -0.2) is 10.9 Å². The zero-order chi connectivity index (χ0) is 17.8. The maximum absolute atomic E-state index is 13.1. The highest BCUT2D eigenvalue weighted by molar-refractivity contribution is 6.06. The summed E-state index contributed by atoms with van der Waals surface area (Å²) in [5, 5.41) is 4.05. The second kappa shape index (κ2) is 7.19. The van der Waals surface area contributed by atoms with Crippen molar-refractivity contribution in [1.29, 1.82) is 0 Å². The zero-order valence-corrected chi connectivity index (χ0v) is 14.2. The highest BCUT2D eigenvalue weighted by atomic mass is 16.1. The van der Waals surface area contributed by atoms with Gasteiger partial charge in [0.25, 0.3) is 5.91 Å². The van der Waals surface area contributed by atoms with Crippen LogP contribution >= 0.6 is 0 Å². The van der Waals surface area contributed by atoms with Gasteiger partial charge in [0.15, 0.2) is 0 Å². The van der Waals surface area contributed by atoms with E-state index in [1.54, 1.807) is 12.3 Å². The highest BCUT2D eigenvalue weighted by Gasteiger charge is 2.19. The largest absolute Gasteiger partial charge is 0.341 e. The van der Waals surface area contributed by atoms with Crippen molar-refractivity contribution in [2.24, 2.45) is 0 Å². The summed E-state index contributed by atoms with van der Waals surface area (Å²) in [5.74, 6) is -0.110. The van der Waals surface area contributed by atoms with E-state index >= 15 is 0 Å². The van der Waals surface area contributed by atoms with Gasteiger partial charge in [-0.2, -0.15) is 0 Å². The summed E-state index contributed by atoms with van der Waals surface area (Å²) in [4.78, 5) is 17.4.